The molecule has 0 bridgehead atoms. The first-order valence-electron chi connectivity index (χ1n) is 5.11. The topological polar surface area (TPSA) is 20.3 Å². The Kier molecular flexibility index (Phi) is 4.22. The van der Waals surface area contributed by atoms with Crippen LogP contribution < -0.4 is 0 Å². The highest BCUT2D eigenvalue weighted by Gasteiger charge is 2.36. The number of ketones is 1. The van der Waals surface area contributed by atoms with Crippen molar-refractivity contribution in [3.05, 3.63) is 35.4 Å². The zero-order valence-electron chi connectivity index (χ0n) is 9.88. The van der Waals surface area contributed by atoms with Gasteiger partial charge in [0.1, 0.15) is 0 Å². The molecular weight excluding hydrogens is 248 g/mol. The van der Waals surface area contributed by atoms with Gasteiger partial charge in [-0.05, 0) is 44.2 Å². The molecule has 1 rings (SSSR count). The van der Waals surface area contributed by atoms with E-state index in [1.54, 1.807) is 12.1 Å². The Morgan fingerprint density at radius 1 is 1.41 bits per heavy atom. The summed E-state index contributed by atoms with van der Waals surface area (Å²) in [5.74, 6) is -1.37. The first-order valence-corrected chi connectivity index (χ1v) is 5.49. The molecule has 0 aliphatic heterocycles. The summed E-state index contributed by atoms with van der Waals surface area (Å²) in [6.45, 7) is 1.92. The maximum absolute atomic E-state index is 12.7. The Balaban J connectivity index is 3.06. The Morgan fingerprint density at radius 2 is 2.00 bits per heavy atom. The van der Waals surface area contributed by atoms with E-state index in [-0.39, 0.29) is 11.6 Å². The third-order valence-electron chi connectivity index (χ3n) is 2.66. The normalized spacial score (nSPS) is 13.8. The minimum absolute atomic E-state index is 0.0340. The van der Waals surface area contributed by atoms with Crippen molar-refractivity contribution in [2.24, 2.45) is 0 Å². The van der Waals surface area contributed by atoms with Crippen molar-refractivity contribution >= 4 is 17.4 Å². The molecule has 0 heterocycles. The highest BCUT2D eigenvalue weighted by molar-refractivity contribution is 6.35. The molecule has 0 fully saturated rings. The third kappa shape index (κ3) is 3.48. The number of nitrogens with zero attached hydrogens (tertiary/aromatic N) is 1. The number of alkyl halides is 3. The van der Waals surface area contributed by atoms with Gasteiger partial charge in [0.15, 0.2) is 0 Å². The van der Waals surface area contributed by atoms with Crippen LogP contribution in [0.5, 0.6) is 0 Å². The van der Waals surface area contributed by atoms with Gasteiger partial charge in [-0.3, -0.25) is 4.79 Å². The van der Waals surface area contributed by atoms with Crippen LogP contribution in [0.25, 0.3) is 0 Å². The quantitative estimate of drug-likeness (QED) is 0.612. The molecule has 94 valence electrons. The van der Waals surface area contributed by atoms with E-state index in [0.717, 1.165) is 5.56 Å². The van der Waals surface area contributed by atoms with Crippen LogP contribution >= 0.6 is 11.6 Å². The Hall–Kier alpha value is -1.00. The van der Waals surface area contributed by atoms with Gasteiger partial charge in [0.2, 0.25) is 5.78 Å². The van der Waals surface area contributed by atoms with Gasteiger partial charge in [-0.2, -0.15) is 8.78 Å². The molecule has 0 saturated heterocycles. The van der Waals surface area contributed by atoms with Gasteiger partial charge in [0.05, 0.1) is 0 Å². The van der Waals surface area contributed by atoms with E-state index >= 15 is 0 Å². The second-order valence-electron chi connectivity index (χ2n) is 4.09. The van der Waals surface area contributed by atoms with E-state index in [2.05, 4.69) is 0 Å². The number of benzene rings is 1. The summed E-state index contributed by atoms with van der Waals surface area (Å²) in [4.78, 5) is 13.2. The molecule has 5 heteroatoms. The van der Waals surface area contributed by atoms with Crippen LogP contribution in [0, 0.1) is 0 Å². The highest BCUT2D eigenvalue weighted by atomic mass is 35.5. The molecule has 0 aromatic heterocycles. The summed E-state index contributed by atoms with van der Waals surface area (Å²) < 4.78 is 25.4. The standard InChI is InChI=1S/C12H14ClF2NO/c1-8(16(2)3)9-5-4-6-10(7-9)11(17)12(13,14)15/h4-8H,1-3H3. The van der Waals surface area contributed by atoms with Gasteiger partial charge in [0, 0.05) is 11.6 Å². The maximum Gasteiger partial charge on any atom is 0.384 e. The smallest absolute Gasteiger partial charge is 0.303 e. The molecule has 0 aliphatic rings. The number of hydrogen-bond donors (Lipinski definition) is 0. The van der Waals surface area contributed by atoms with Gasteiger partial charge < -0.3 is 4.90 Å². The summed E-state index contributed by atoms with van der Waals surface area (Å²) >= 11 is 4.72. The fraction of sp³-hybridized carbons (Fsp3) is 0.417. The van der Waals surface area contributed by atoms with E-state index in [9.17, 15) is 13.6 Å². The minimum atomic E-state index is -3.85. The molecule has 1 unspecified atom stereocenters. The molecule has 0 saturated carbocycles. The summed E-state index contributed by atoms with van der Waals surface area (Å²) in [6.07, 6.45) is 0. The van der Waals surface area contributed by atoms with Crippen LogP contribution in [0.4, 0.5) is 8.78 Å². The summed E-state index contributed by atoms with van der Waals surface area (Å²) in [6, 6.07) is 6.18. The van der Waals surface area contributed by atoms with E-state index in [1.807, 2.05) is 25.9 Å². The fourth-order valence-electron chi connectivity index (χ4n) is 1.40. The predicted molar refractivity (Wildman–Crippen MR) is 63.7 cm³/mol. The van der Waals surface area contributed by atoms with Gasteiger partial charge in [-0.1, -0.05) is 18.2 Å². The lowest BCUT2D eigenvalue weighted by Gasteiger charge is -2.20. The van der Waals surface area contributed by atoms with Crippen LogP contribution in [-0.2, 0) is 0 Å². The molecule has 0 spiro atoms. The second-order valence-corrected chi connectivity index (χ2v) is 4.57. The zero-order chi connectivity index (χ0) is 13.2. The van der Waals surface area contributed by atoms with Crippen LogP contribution in [0.15, 0.2) is 24.3 Å². The number of carbonyl (C=O) groups is 1. The first kappa shape index (κ1) is 14.1. The SMILES string of the molecule is CC(c1cccc(C(=O)C(F)(F)Cl)c1)N(C)C. The second kappa shape index (κ2) is 5.10. The van der Waals surface area contributed by atoms with Gasteiger partial charge >= 0.3 is 5.38 Å². The van der Waals surface area contributed by atoms with E-state index < -0.39 is 11.2 Å². The maximum atomic E-state index is 12.7. The summed E-state index contributed by atoms with van der Waals surface area (Å²) in [5.41, 5.74) is 0.720. The highest BCUT2D eigenvalue weighted by Crippen LogP contribution is 2.26. The van der Waals surface area contributed by atoms with Crippen molar-refractivity contribution in [2.45, 2.75) is 18.3 Å². The van der Waals surface area contributed by atoms with E-state index in [4.69, 9.17) is 11.6 Å². The molecule has 2 nitrogen and oxygen atoms in total. The summed E-state index contributed by atoms with van der Waals surface area (Å²) in [5, 5.41) is -3.85. The molecule has 1 aromatic carbocycles. The molecule has 1 atom stereocenters. The van der Waals surface area contributed by atoms with Crippen LogP contribution in [0.1, 0.15) is 28.9 Å². The molecule has 0 aliphatic carbocycles. The number of Topliss-reactive ketones (excluding diaryl/α,β-unsaturated/α-hetero) is 1. The average molecular weight is 262 g/mol. The third-order valence-corrected chi connectivity index (χ3v) is 2.83. The lowest BCUT2D eigenvalue weighted by molar-refractivity contribution is 0.0536. The lowest BCUT2D eigenvalue weighted by Crippen LogP contribution is -2.22. The van der Waals surface area contributed by atoms with Gasteiger partial charge in [-0.25, -0.2) is 0 Å². The number of carbonyl (C=O) groups excluding carboxylic acids is 1. The Bertz CT molecular complexity index is 415. The molecule has 0 amide bonds. The molecule has 0 N–H and O–H groups in total. The molecular formula is C12H14ClF2NO. The summed E-state index contributed by atoms with van der Waals surface area (Å²) in [7, 11) is 3.74. The van der Waals surface area contributed by atoms with Crippen molar-refractivity contribution in [1.82, 2.24) is 4.90 Å². The van der Waals surface area contributed by atoms with E-state index in [1.165, 1.54) is 12.1 Å². The monoisotopic (exact) mass is 261 g/mol. The lowest BCUT2D eigenvalue weighted by atomic mass is 10.0. The van der Waals surface area contributed by atoms with Crippen molar-refractivity contribution in [1.29, 1.82) is 0 Å². The molecule has 17 heavy (non-hydrogen) atoms. The van der Waals surface area contributed by atoms with Crippen LogP contribution in [0.2, 0.25) is 0 Å². The van der Waals surface area contributed by atoms with Crippen LogP contribution in [-0.4, -0.2) is 30.2 Å². The minimum Gasteiger partial charge on any atom is -0.303 e. The zero-order valence-corrected chi connectivity index (χ0v) is 10.6. The average Bonchev–Trinajstić information content (AvgIpc) is 2.25. The van der Waals surface area contributed by atoms with Gasteiger partial charge in [0.25, 0.3) is 0 Å². The van der Waals surface area contributed by atoms with Crippen molar-refractivity contribution in [2.75, 3.05) is 14.1 Å². The van der Waals surface area contributed by atoms with Crippen molar-refractivity contribution < 1.29 is 13.6 Å². The number of rotatable bonds is 4. The van der Waals surface area contributed by atoms with E-state index in [0.29, 0.717) is 0 Å². The Labute approximate surface area is 104 Å². The number of halogens is 3. The van der Waals surface area contributed by atoms with Crippen LogP contribution in [0.3, 0.4) is 0 Å². The van der Waals surface area contributed by atoms with Gasteiger partial charge in [-0.15, -0.1) is 0 Å². The van der Waals surface area contributed by atoms with Crippen molar-refractivity contribution in [3.8, 4) is 0 Å². The predicted octanol–water partition coefficient (Wildman–Crippen LogP) is 3.32. The fourth-order valence-corrected chi connectivity index (χ4v) is 1.51. The largest absolute Gasteiger partial charge is 0.384 e. The molecule has 1 aromatic rings. The Morgan fingerprint density at radius 3 is 2.47 bits per heavy atom. The first-order chi connectivity index (χ1) is 7.73. The molecule has 0 radical (unpaired) electrons. The van der Waals surface area contributed by atoms with Crippen molar-refractivity contribution in [3.63, 3.8) is 0 Å². The number of hydrogen-bond acceptors (Lipinski definition) is 2.